The fourth-order valence-electron chi connectivity index (χ4n) is 10.7. The first-order chi connectivity index (χ1) is 32.4. The first-order valence-corrected chi connectivity index (χ1v) is 22.5. The number of rotatable bonds is 6. The minimum absolute atomic E-state index is 0.141. The zero-order chi connectivity index (χ0) is 44.0. The van der Waals surface area contributed by atoms with Crippen molar-refractivity contribution in [2.45, 2.75) is 24.7 Å². The Morgan fingerprint density at radius 1 is 0.303 bits per heavy atom. The van der Waals surface area contributed by atoms with Gasteiger partial charge >= 0.3 is 0 Å². The van der Waals surface area contributed by atoms with Gasteiger partial charge in [0.25, 0.3) is 0 Å². The maximum Gasteiger partial charge on any atom is 0.170 e. The Labute approximate surface area is 383 Å². The summed E-state index contributed by atoms with van der Waals surface area (Å²) in [5, 5.41) is 0. The minimum Gasteiger partial charge on any atom is -0.450 e. The lowest BCUT2D eigenvalue weighted by atomic mass is 9.67. The molecule has 0 bridgehead atoms. The summed E-state index contributed by atoms with van der Waals surface area (Å²) in [7, 11) is 0. The maximum absolute atomic E-state index is 6.77. The number of aromatic nitrogens is 3. The molecule has 0 saturated carbocycles. The standard InChI is InChI=1S/C61H41N3O2/c1-60(2)49-24-14-12-22-45(49)47-32-30-42(34-51(47)60)59-63-57(39-16-6-3-7-17-39)62-58(64-59)40-28-26-38(27-29-40)41-31-33-53-54(35-41)66-55-36-48-46-23-13-15-25-50(46)61(43-18-8-4-9-19-43,44-20-10-5-11-21-44)52(48)37-56(55)65-53/h3-37H,1-2H3. The second-order valence-electron chi connectivity index (χ2n) is 17.9. The third-order valence-corrected chi connectivity index (χ3v) is 13.9. The Bertz CT molecular complexity index is 3510. The summed E-state index contributed by atoms with van der Waals surface area (Å²) >= 11 is 0. The molecule has 10 aromatic rings. The molecule has 2 heterocycles. The average Bonchev–Trinajstić information content (AvgIpc) is 3.80. The number of fused-ring (bicyclic) bond motifs is 8. The first kappa shape index (κ1) is 38.1. The number of nitrogens with zero attached hydrogens (tertiary/aromatic N) is 3. The van der Waals surface area contributed by atoms with Crippen molar-refractivity contribution in [3.05, 3.63) is 246 Å². The van der Waals surface area contributed by atoms with Crippen LogP contribution in [-0.4, -0.2) is 15.0 Å². The summed E-state index contributed by atoms with van der Waals surface area (Å²) in [6.07, 6.45) is 0. The summed E-state index contributed by atoms with van der Waals surface area (Å²) < 4.78 is 13.5. The molecule has 5 nitrogen and oxygen atoms in total. The third kappa shape index (κ3) is 5.76. The summed E-state index contributed by atoms with van der Waals surface area (Å²) in [5.41, 5.74) is 16.5. The topological polar surface area (TPSA) is 57.1 Å². The van der Waals surface area contributed by atoms with E-state index in [1.807, 2.05) is 36.4 Å². The van der Waals surface area contributed by atoms with Crippen molar-refractivity contribution < 1.29 is 9.47 Å². The Hall–Kier alpha value is -8.41. The van der Waals surface area contributed by atoms with Gasteiger partial charge in [0.15, 0.2) is 40.5 Å². The molecule has 0 fully saturated rings. The molecule has 1 aromatic heterocycles. The Balaban J connectivity index is 0.844. The molecule has 13 rings (SSSR count). The molecule has 0 unspecified atom stereocenters. The quantitative estimate of drug-likeness (QED) is 0.167. The molecule has 0 spiro atoms. The zero-order valence-corrected chi connectivity index (χ0v) is 36.4. The molecule has 0 amide bonds. The lowest BCUT2D eigenvalue weighted by Gasteiger charge is -2.34. The van der Waals surface area contributed by atoms with Gasteiger partial charge in [-0.05, 0) is 97.1 Å². The van der Waals surface area contributed by atoms with E-state index in [1.54, 1.807) is 0 Å². The molecular formula is C61H41N3O2. The van der Waals surface area contributed by atoms with Gasteiger partial charge in [-0.3, -0.25) is 0 Å². The van der Waals surface area contributed by atoms with Crippen molar-refractivity contribution in [2.24, 2.45) is 0 Å². The number of hydrogen-bond donors (Lipinski definition) is 0. The molecule has 0 saturated heterocycles. The highest BCUT2D eigenvalue weighted by Gasteiger charge is 2.47. The van der Waals surface area contributed by atoms with Crippen LogP contribution < -0.4 is 9.47 Å². The molecule has 66 heavy (non-hydrogen) atoms. The highest BCUT2D eigenvalue weighted by molar-refractivity contribution is 5.89. The fourth-order valence-corrected chi connectivity index (χ4v) is 10.7. The lowest BCUT2D eigenvalue weighted by molar-refractivity contribution is 0.359. The van der Waals surface area contributed by atoms with Gasteiger partial charge in [-0.2, -0.15) is 0 Å². The fraction of sp³-hybridized carbons (Fsp3) is 0.0656. The van der Waals surface area contributed by atoms with Crippen LogP contribution >= 0.6 is 0 Å². The Kier molecular flexibility index (Phi) is 8.40. The number of hydrogen-bond acceptors (Lipinski definition) is 5. The van der Waals surface area contributed by atoms with E-state index >= 15 is 0 Å². The van der Waals surface area contributed by atoms with E-state index in [-0.39, 0.29) is 5.41 Å². The van der Waals surface area contributed by atoms with Gasteiger partial charge < -0.3 is 9.47 Å². The summed E-state index contributed by atoms with van der Waals surface area (Å²) in [4.78, 5) is 15.2. The normalized spacial score (nSPS) is 14.1. The molecule has 0 radical (unpaired) electrons. The maximum atomic E-state index is 6.77. The van der Waals surface area contributed by atoms with Crippen molar-refractivity contribution in [3.63, 3.8) is 0 Å². The van der Waals surface area contributed by atoms with Crippen molar-refractivity contribution >= 4 is 0 Å². The van der Waals surface area contributed by atoms with Gasteiger partial charge in [0.1, 0.15) is 0 Å². The van der Waals surface area contributed by atoms with Crippen LogP contribution in [0.5, 0.6) is 23.0 Å². The molecule has 3 aliphatic rings. The summed E-state index contributed by atoms with van der Waals surface area (Å²) in [6.45, 7) is 4.59. The van der Waals surface area contributed by atoms with E-state index in [2.05, 4.69) is 190 Å². The van der Waals surface area contributed by atoms with Gasteiger partial charge in [-0.1, -0.05) is 196 Å². The van der Waals surface area contributed by atoms with Crippen LogP contribution in [-0.2, 0) is 10.8 Å². The van der Waals surface area contributed by atoms with Crippen molar-refractivity contribution in [2.75, 3.05) is 0 Å². The second kappa shape index (κ2) is 14.6. The van der Waals surface area contributed by atoms with Gasteiger partial charge in [-0.25, -0.2) is 15.0 Å². The molecule has 2 aliphatic carbocycles. The van der Waals surface area contributed by atoms with Crippen LogP contribution in [0.4, 0.5) is 0 Å². The SMILES string of the molecule is CC1(C)c2ccccc2-c2ccc(-c3nc(-c4ccccc4)nc(-c4ccc(-c5ccc6c(c5)Oc5cc7c(cc5O6)C(c5ccccc5)(c5ccccc5)c5ccccc5-7)cc4)n3)cc21. The monoisotopic (exact) mass is 847 g/mol. The highest BCUT2D eigenvalue weighted by Crippen LogP contribution is 2.60. The largest absolute Gasteiger partial charge is 0.450 e. The Morgan fingerprint density at radius 3 is 1.45 bits per heavy atom. The van der Waals surface area contributed by atoms with Crippen LogP contribution in [0.15, 0.2) is 212 Å². The second-order valence-corrected chi connectivity index (χ2v) is 17.9. The summed E-state index contributed by atoms with van der Waals surface area (Å²) in [5.74, 6) is 4.62. The molecule has 312 valence electrons. The van der Waals surface area contributed by atoms with Gasteiger partial charge in [0.05, 0.1) is 5.41 Å². The van der Waals surface area contributed by atoms with Crippen molar-refractivity contribution in [1.82, 2.24) is 15.0 Å². The predicted molar refractivity (Wildman–Crippen MR) is 263 cm³/mol. The summed E-state index contributed by atoms with van der Waals surface area (Å²) in [6, 6.07) is 74.7. The molecule has 0 atom stereocenters. The average molecular weight is 848 g/mol. The van der Waals surface area contributed by atoms with Crippen LogP contribution in [0, 0.1) is 0 Å². The van der Waals surface area contributed by atoms with E-state index in [0.717, 1.165) is 33.4 Å². The molecule has 5 heteroatoms. The van der Waals surface area contributed by atoms with Crippen molar-refractivity contribution in [1.29, 1.82) is 0 Å². The number of benzene rings is 9. The minimum atomic E-state index is -0.527. The van der Waals surface area contributed by atoms with Crippen LogP contribution in [0.3, 0.4) is 0 Å². The number of ether oxygens (including phenoxy) is 2. The van der Waals surface area contributed by atoms with E-state index in [1.165, 1.54) is 50.1 Å². The van der Waals surface area contributed by atoms with E-state index in [4.69, 9.17) is 24.4 Å². The van der Waals surface area contributed by atoms with Crippen LogP contribution in [0.25, 0.3) is 67.5 Å². The van der Waals surface area contributed by atoms with E-state index in [0.29, 0.717) is 40.5 Å². The van der Waals surface area contributed by atoms with Crippen LogP contribution in [0.2, 0.25) is 0 Å². The lowest BCUT2D eigenvalue weighted by Crippen LogP contribution is -2.28. The van der Waals surface area contributed by atoms with Gasteiger partial charge in [-0.15, -0.1) is 0 Å². The third-order valence-electron chi connectivity index (χ3n) is 13.9. The van der Waals surface area contributed by atoms with Gasteiger partial charge in [0, 0.05) is 22.1 Å². The van der Waals surface area contributed by atoms with E-state index < -0.39 is 5.41 Å². The molecule has 1 aliphatic heterocycles. The first-order valence-electron chi connectivity index (χ1n) is 22.5. The van der Waals surface area contributed by atoms with Crippen LogP contribution in [0.1, 0.15) is 47.2 Å². The smallest absolute Gasteiger partial charge is 0.170 e. The predicted octanol–water partition coefficient (Wildman–Crippen LogP) is 15.1. The van der Waals surface area contributed by atoms with E-state index in [9.17, 15) is 0 Å². The molecule has 9 aromatic carbocycles. The molecular weight excluding hydrogens is 807 g/mol. The zero-order valence-electron chi connectivity index (χ0n) is 36.4. The highest BCUT2D eigenvalue weighted by atomic mass is 16.6. The molecule has 0 N–H and O–H groups in total. The Morgan fingerprint density at radius 2 is 0.773 bits per heavy atom. The van der Waals surface area contributed by atoms with Gasteiger partial charge in [0.2, 0.25) is 0 Å². The van der Waals surface area contributed by atoms with Crippen molar-refractivity contribution in [3.8, 4) is 90.5 Å².